The Labute approximate surface area is 179 Å². The molecule has 0 unspecified atom stereocenters. The van der Waals surface area contributed by atoms with Crippen LogP contribution in [0.4, 0.5) is 4.79 Å². The second-order valence-corrected chi connectivity index (χ2v) is 7.48. The number of nitrogens with zero attached hydrogens (tertiary/aromatic N) is 4. The smallest absolute Gasteiger partial charge is 0.409 e. The number of benzene rings is 1. The first-order chi connectivity index (χ1) is 14.6. The highest BCUT2D eigenvalue weighted by molar-refractivity contribution is 6.35. The van der Waals surface area contributed by atoms with Crippen LogP contribution in [0.2, 0.25) is 5.02 Å². The van der Waals surface area contributed by atoms with Crippen molar-refractivity contribution >= 4 is 28.6 Å². The number of aromatic hydroxyl groups is 1. The summed E-state index contributed by atoms with van der Waals surface area (Å²) in [6.45, 7) is 4.43. The lowest BCUT2D eigenvalue weighted by Gasteiger charge is -2.39. The second-order valence-electron chi connectivity index (χ2n) is 7.07. The highest BCUT2D eigenvalue weighted by atomic mass is 35.5. The van der Waals surface area contributed by atoms with Gasteiger partial charge in [0.15, 0.2) is 0 Å². The van der Waals surface area contributed by atoms with E-state index >= 15 is 0 Å². The molecule has 8 heteroatoms. The number of aromatic nitrogens is 2. The van der Waals surface area contributed by atoms with E-state index in [0.717, 1.165) is 5.69 Å². The van der Waals surface area contributed by atoms with Gasteiger partial charge in [-0.2, -0.15) is 0 Å². The van der Waals surface area contributed by atoms with Gasteiger partial charge in [0.2, 0.25) is 0 Å². The number of carbonyl (C=O) groups is 1. The van der Waals surface area contributed by atoms with Gasteiger partial charge < -0.3 is 14.7 Å². The molecule has 1 fully saturated rings. The Kier molecular flexibility index (Phi) is 6.01. The van der Waals surface area contributed by atoms with E-state index in [1.165, 1.54) is 0 Å². The summed E-state index contributed by atoms with van der Waals surface area (Å²) >= 11 is 6.54. The van der Waals surface area contributed by atoms with E-state index in [9.17, 15) is 9.90 Å². The molecule has 3 heterocycles. The van der Waals surface area contributed by atoms with E-state index in [4.69, 9.17) is 16.3 Å². The van der Waals surface area contributed by atoms with Crippen molar-refractivity contribution in [1.29, 1.82) is 0 Å². The number of hydrogen-bond acceptors (Lipinski definition) is 6. The number of ether oxygens (including phenoxy) is 1. The van der Waals surface area contributed by atoms with Crippen LogP contribution in [0.25, 0.3) is 10.9 Å². The Morgan fingerprint density at radius 1 is 1.17 bits per heavy atom. The summed E-state index contributed by atoms with van der Waals surface area (Å²) in [5.41, 5.74) is 1.91. The molecule has 1 amide bonds. The van der Waals surface area contributed by atoms with Crippen molar-refractivity contribution in [2.75, 3.05) is 32.8 Å². The van der Waals surface area contributed by atoms with Crippen LogP contribution in [0.1, 0.15) is 24.2 Å². The van der Waals surface area contributed by atoms with E-state index in [-0.39, 0.29) is 17.9 Å². The van der Waals surface area contributed by atoms with Gasteiger partial charge in [-0.1, -0.05) is 17.7 Å². The van der Waals surface area contributed by atoms with Crippen molar-refractivity contribution in [3.8, 4) is 5.75 Å². The van der Waals surface area contributed by atoms with Gasteiger partial charge in [0.1, 0.15) is 11.3 Å². The molecule has 1 atom stereocenters. The van der Waals surface area contributed by atoms with E-state index in [0.29, 0.717) is 54.3 Å². The highest BCUT2D eigenvalue weighted by Gasteiger charge is 2.32. The van der Waals surface area contributed by atoms with Gasteiger partial charge in [0, 0.05) is 49.5 Å². The number of pyridine rings is 2. The van der Waals surface area contributed by atoms with Gasteiger partial charge in [-0.05, 0) is 37.3 Å². The fraction of sp³-hybridized carbons (Fsp3) is 0.318. The largest absolute Gasteiger partial charge is 0.505 e. The zero-order chi connectivity index (χ0) is 21.1. The molecule has 0 radical (unpaired) electrons. The van der Waals surface area contributed by atoms with E-state index in [2.05, 4.69) is 14.9 Å². The van der Waals surface area contributed by atoms with Crippen LogP contribution in [0.15, 0.2) is 48.8 Å². The number of amides is 1. The number of hydrogen-bond donors (Lipinski definition) is 1. The molecule has 0 aliphatic carbocycles. The first-order valence-corrected chi connectivity index (χ1v) is 10.3. The predicted molar refractivity (Wildman–Crippen MR) is 115 cm³/mol. The first-order valence-electron chi connectivity index (χ1n) is 9.93. The number of rotatable bonds is 4. The molecule has 0 bridgehead atoms. The van der Waals surface area contributed by atoms with Crippen molar-refractivity contribution < 1.29 is 14.6 Å². The molecule has 3 aromatic rings. The van der Waals surface area contributed by atoms with Crippen molar-refractivity contribution in [3.63, 3.8) is 0 Å². The topological polar surface area (TPSA) is 78.8 Å². The van der Waals surface area contributed by atoms with Crippen molar-refractivity contribution in [3.05, 3.63) is 65.1 Å². The molecular formula is C22H23ClN4O3. The molecule has 30 heavy (non-hydrogen) atoms. The summed E-state index contributed by atoms with van der Waals surface area (Å²) in [5.74, 6) is 0.0958. The summed E-state index contributed by atoms with van der Waals surface area (Å²) in [6.07, 6.45) is 3.07. The number of phenolic OH excluding ortho intramolecular Hbond substituents is 1. The summed E-state index contributed by atoms with van der Waals surface area (Å²) in [6, 6.07) is 10.8. The van der Waals surface area contributed by atoms with E-state index in [1.807, 2.05) is 24.3 Å². The molecule has 1 N–H and O–H groups in total. The lowest BCUT2D eigenvalue weighted by Crippen LogP contribution is -2.50. The molecule has 0 saturated carbocycles. The fourth-order valence-electron chi connectivity index (χ4n) is 3.87. The minimum absolute atomic E-state index is 0.0958. The number of piperazine rings is 1. The van der Waals surface area contributed by atoms with Crippen LogP contribution >= 0.6 is 11.6 Å². The summed E-state index contributed by atoms with van der Waals surface area (Å²) < 4.78 is 5.12. The summed E-state index contributed by atoms with van der Waals surface area (Å²) in [5, 5.41) is 12.3. The number of phenols is 1. The Balaban J connectivity index is 1.72. The van der Waals surface area contributed by atoms with Crippen LogP contribution in [-0.4, -0.2) is 63.8 Å². The van der Waals surface area contributed by atoms with E-state index < -0.39 is 0 Å². The molecule has 156 valence electrons. The van der Waals surface area contributed by atoms with Crippen LogP contribution < -0.4 is 0 Å². The number of fused-ring (bicyclic) bond motifs is 1. The molecule has 0 spiro atoms. The molecule has 4 rings (SSSR count). The van der Waals surface area contributed by atoms with Gasteiger partial charge in [0.25, 0.3) is 0 Å². The quantitative estimate of drug-likeness (QED) is 0.682. The van der Waals surface area contributed by atoms with Crippen molar-refractivity contribution in [2.45, 2.75) is 13.0 Å². The van der Waals surface area contributed by atoms with Crippen LogP contribution in [0, 0.1) is 0 Å². The maximum atomic E-state index is 12.1. The molecule has 1 saturated heterocycles. The molecule has 1 aliphatic rings. The zero-order valence-corrected chi connectivity index (χ0v) is 17.4. The van der Waals surface area contributed by atoms with Gasteiger partial charge in [-0.25, -0.2) is 4.79 Å². The third-order valence-corrected chi connectivity index (χ3v) is 5.63. The van der Waals surface area contributed by atoms with Crippen LogP contribution in [-0.2, 0) is 4.74 Å². The normalized spacial score (nSPS) is 15.9. The summed E-state index contributed by atoms with van der Waals surface area (Å²) in [4.78, 5) is 24.8. The van der Waals surface area contributed by atoms with Gasteiger partial charge in [0.05, 0.1) is 23.4 Å². The zero-order valence-electron chi connectivity index (χ0n) is 16.7. The van der Waals surface area contributed by atoms with Gasteiger partial charge >= 0.3 is 6.09 Å². The average molecular weight is 427 g/mol. The summed E-state index contributed by atoms with van der Waals surface area (Å²) in [7, 11) is 0. The number of halogens is 1. The second kappa shape index (κ2) is 8.85. The molecule has 1 aliphatic heterocycles. The Hall–Kier alpha value is -2.90. The van der Waals surface area contributed by atoms with Crippen molar-refractivity contribution in [2.24, 2.45) is 0 Å². The lowest BCUT2D eigenvalue weighted by molar-refractivity contribution is 0.0707. The average Bonchev–Trinajstić information content (AvgIpc) is 2.79. The van der Waals surface area contributed by atoms with Gasteiger partial charge in [-0.15, -0.1) is 0 Å². The standard InChI is InChI=1S/C22H23ClN4O3/c1-2-30-22(29)27-12-10-26(11-13-27)20(18-7-3-4-8-24-18)16-14-17(23)15-6-5-9-25-19(15)21(16)28/h3-9,14,20,28H,2,10-13H2,1H3/t20-/m0/s1. The fourth-order valence-corrected chi connectivity index (χ4v) is 4.14. The Morgan fingerprint density at radius 3 is 2.63 bits per heavy atom. The third kappa shape index (κ3) is 3.91. The SMILES string of the molecule is CCOC(=O)N1CCN([C@H](c2ccccn2)c2cc(Cl)c3cccnc3c2O)CC1. The highest BCUT2D eigenvalue weighted by Crippen LogP contribution is 2.40. The molecule has 2 aromatic heterocycles. The predicted octanol–water partition coefficient (Wildman–Crippen LogP) is 3.85. The lowest BCUT2D eigenvalue weighted by atomic mass is 9.97. The molecule has 7 nitrogen and oxygen atoms in total. The maximum absolute atomic E-state index is 12.1. The van der Waals surface area contributed by atoms with Crippen LogP contribution in [0.5, 0.6) is 5.75 Å². The molecular weight excluding hydrogens is 404 g/mol. The molecule has 1 aromatic carbocycles. The van der Waals surface area contributed by atoms with E-state index in [1.54, 1.807) is 36.4 Å². The van der Waals surface area contributed by atoms with Crippen LogP contribution in [0.3, 0.4) is 0 Å². The first kappa shape index (κ1) is 20.4. The monoisotopic (exact) mass is 426 g/mol. The van der Waals surface area contributed by atoms with Crippen molar-refractivity contribution in [1.82, 2.24) is 19.8 Å². The van der Waals surface area contributed by atoms with Gasteiger partial charge in [-0.3, -0.25) is 14.9 Å². The minimum atomic E-state index is -0.320. The number of carbonyl (C=O) groups excluding carboxylic acids is 1. The minimum Gasteiger partial charge on any atom is -0.505 e. The maximum Gasteiger partial charge on any atom is 0.409 e. The third-order valence-electron chi connectivity index (χ3n) is 5.31. The Morgan fingerprint density at radius 2 is 1.93 bits per heavy atom. The Bertz CT molecular complexity index is 1040.